The molecule has 0 saturated carbocycles. The summed E-state index contributed by atoms with van der Waals surface area (Å²) in [6.07, 6.45) is 0. The average molecular weight is 387 g/mol. The molecule has 138 valence electrons. The lowest BCUT2D eigenvalue weighted by Crippen LogP contribution is -2.04. The fourth-order valence-corrected chi connectivity index (χ4v) is 4.03. The number of rotatable bonds is 10. The number of benzene rings is 3. The van der Waals surface area contributed by atoms with Crippen molar-refractivity contribution in [2.45, 2.75) is 13.8 Å². The minimum atomic E-state index is 0.722. The van der Waals surface area contributed by atoms with Crippen molar-refractivity contribution >= 4 is 45.1 Å². The first-order valence-electron chi connectivity index (χ1n) is 9.21. The average Bonchev–Trinajstić information content (AvgIpc) is 2.69. The molecule has 3 aromatic carbocycles. The zero-order valence-corrected chi connectivity index (χ0v) is 17.1. The lowest BCUT2D eigenvalue weighted by Gasteiger charge is -2.17. The van der Waals surface area contributed by atoms with Crippen LogP contribution in [0.1, 0.15) is 13.8 Å². The molecule has 2 nitrogen and oxygen atoms in total. The van der Waals surface area contributed by atoms with E-state index in [1.165, 1.54) is 0 Å². The topological polar surface area (TPSA) is 18.5 Å². The second-order valence-corrected chi connectivity index (χ2v) is 8.63. The predicted octanol–water partition coefficient (Wildman–Crippen LogP) is 6.26. The van der Waals surface area contributed by atoms with Crippen molar-refractivity contribution in [1.82, 2.24) is 0 Å². The van der Waals surface area contributed by atoms with E-state index in [9.17, 15) is 0 Å². The maximum atomic E-state index is 6.25. The first-order valence-corrected chi connectivity index (χ1v) is 11.5. The first-order chi connectivity index (χ1) is 12.9. The van der Waals surface area contributed by atoms with E-state index in [0.717, 1.165) is 69.3 Å². The summed E-state index contributed by atoms with van der Waals surface area (Å²) in [6.45, 7) is 5.80. The van der Waals surface area contributed by atoms with Gasteiger partial charge in [-0.1, -0.05) is 62.4 Å². The molecule has 0 unspecified atom stereocenters. The predicted molar refractivity (Wildman–Crippen MR) is 118 cm³/mol. The van der Waals surface area contributed by atoms with Crippen LogP contribution < -0.4 is 9.47 Å². The third-order valence-corrected chi connectivity index (χ3v) is 5.92. The number of thioether (sulfide) groups is 2. The molecule has 26 heavy (non-hydrogen) atoms. The summed E-state index contributed by atoms with van der Waals surface area (Å²) < 4.78 is 12.5. The molecular formula is C22H26O2S2. The van der Waals surface area contributed by atoms with Crippen LogP contribution in [0.2, 0.25) is 0 Å². The van der Waals surface area contributed by atoms with Gasteiger partial charge in [-0.05, 0) is 11.5 Å². The van der Waals surface area contributed by atoms with Crippen LogP contribution in [0.4, 0.5) is 0 Å². The smallest absolute Gasteiger partial charge is 0.135 e. The van der Waals surface area contributed by atoms with Crippen molar-refractivity contribution in [3.05, 3.63) is 48.5 Å². The van der Waals surface area contributed by atoms with Crippen molar-refractivity contribution in [3.63, 3.8) is 0 Å². The van der Waals surface area contributed by atoms with Crippen LogP contribution in [0, 0.1) is 0 Å². The Labute approximate surface area is 164 Å². The normalized spacial score (nSPS) is 11.2. The Bertz CT molecular complexity index is 721. The monoisotopic (exact) mass is 386 g/mol. The van der Waals surface area contributed by atoms with Gasteiger partial charge in [-0.15, -0.1) is 0 Å². The molecule has 0 heterocycles. The standard InChI is InChI=1S/C22H26O2S2/c1-3-25-15-13-23-21-17-9-5-7-11-19(17)22(24-14-16-26-4-2)20-12-8-6-10-18(20)21/h5-12H,3-4,13-16H2,1-2H3. The summed E-state index contributed by atoms with van der Waals surface area (Å²) in [5.74, 6) is 6.20. The quantitative estimate of drug-likeness (QED) is 0.302. The van der Waals surface area contributed by atoms with Crippen molar-refractivity contribution < 1.29 is 9.47 Å². The van der Waals surface area contributed by atoms with Gasteiger partial charge in [-0.25, -0.2) is 0 Å². The van der Waals surface area contributed by atoms with Gasteiger partial charge in [-0.2, -0.15) is 23.5 Å². The lowest BCUT2D eigenvalue weighted by atomic mass is 10.0. The van der Waals surface area contributed by atoms with E-state index in [1.54, 1.807) is 0 Å². The molecule has 0 amide bonds. The van der Waals surface area contributed by atoms with Crippen LogP contribution in [-0.2, 0) is 0 Å². The van der Waals surface area contributed by atoms with E-state index in [-0.39, 0.29) is 0 Å². The fraction of sp³-hybridized carbons (Fsp3) is 0.364. The summed E-state index contributed by atoms with van der Waals surface area (Å²) in [7, 11) is 0. The molecule has 4 heteroatoms. The van der Waals surface area contributed by atoms with E-state index >= 15 is 0 Å². The van der Waals surface area contributed by atoms with Gasteiger partial charge in [0.25, 0.3) is 0 Å². The van der Waals surface area contributed by atoms with Gasteiger partial charge in [0.1, 0.15) is 11.5 Å². The molecule has 0 bridgehead atoms. The molecule has 0 spiro atoms. The molecule has 0 fully saturated rings. The van der Waals surface area contributed by atoms with Gasteiger partial charge in [0.15, 0.2) is 0 Å². The van der Waals surface area contributed by atoms with E-state index in [1.807, 2.05) is 23.5 Å². The fourth-order valence-electron chi connectivity index (χ4n) is 3.05. The third kappa shape index (κ3) is 4.41. The number of hydrogen-bond donors (Lipinski definition) is 0. The highest BCUT2D eigenvalue weighted by atomic mass is 32.2. The molecule has 0 N–H and O–H groups in total. The van der Waals surface area contributed by atoms with Crippen LogP contribution in [0.25, 0.3) is 21.5 Å². The third-order valence-electron chi connectivity index (χ3n) is 4.19. The molecule has 0 aromatic heterocycles. The summed E-state index contributed by atoms with van der Waals surface area (Å²) in [5.41, 5.74) is 0. The zero-order chi connectivity index (χ0) is 18.2. The van der Waals surface area contributed by atoms with Crippen molar-refractivity contribution in [3.8, 4) is 11.5 Å². The van der Waals surface area contributed by atoms with Gasteiger partial charge >= 0.3 is 0 Å². The molecule has 0 saturated heterocycles. The van der Waals surface area contributed by atoms with E-state index in [2.05, 4.69) is 62.4 Å². The van der Waals surface area contributed by atoms with E-state index in [4.69, 9.17) is 9.47 Å². The number of hydrogen-bond acceptors (Lipinski definition) is 4. The molecular weight excluding hydrogens is 360 g/mol. The summed E-state index contributed by atoms with van der Waals surface area (Å²) in [5, 5.41) is 4.52. The molecule has 0 aliphatic carbocycles. The van der Waals surface area contributed by atoms with Gasteiger partial charge < -0.3 is 9.47 Å². The zero-order valence-electron chi connectivity index (χ0n) is 15.5. The Morgan fingerprint density at radius 1 is 0.615 bits per heavy atom. The van der Waals surface area contributed by atoms with Gasteiger partial charge in [0.2, 0.25) is 0 Å². The molecule has 3 rings (SSSR count). The molecule has 0 radical (unpaired) electrons. The Balaban J connectivity index is 2.03. The van der Waals surface area contributed by atoms with Gasteiger partial charge in [0.05, 0.1) is 13.2 Å². The lowest BCUT2D eigenvalue weighted by molar-refractivity contribution is 0.346. The van der Waals surface area contributed by atoms with Gasteiger partial charge in [0, 0.05) is 33.1 Å². The maximum Gasteiger partial charge on any atom is 0.135 e. The van der Waals surface area contributed by atoms with Crippen LogP contribution in [0.15, 0.2) is 48.5 Å². The second kappa shape index (κ2) is 9.98. The minimum Gasteiger partial charge on any atom is -0.491 e. The van der Waals surface area contributed by atoms with Crippen LogP contribution >= 0.6 is 23.5 Å². The van der Waals surface area contributed by atoms with E-state index in [0.29, 0.717) is 0 Å². The van der Waals surface area contributed by atoms with E-state index < -0.39 is 0 Å². The number of ether oxygens (including phenoxy) is 2. The highest BCUT2D eigenvalue weighted by Gasteiger charge is 2.15. The molecule has 0 aliphatic rings. The van der Waals surface area contributed by atoms with Crippen molar-refractivity contribution in [1.29, 1.82) is 0 Å². The minimum absolute atomic E-state index is 0.722. The highest BCUT2D eigenvalue weighted by molar-refractivity contribution is 7.99. The van der Waals surface area contributed by atoms with Crippen LogP contribution in [-0.4, -0.2) is 36.2 Å². The second-order valence-electron chi connectivity index (χ2n) is 5.84. The summed E-state index contributed by atoms with van der Waals surface area (Å²) >= 11 is 3.81. The molecule has 0 atom stereocenters. The molecule has 3 aromatic rings. The molecule has 0 aliphatic heterocycles. The summed E-state index contributed by atoms with van der Waals surface area (Å²) in [6, 6.07) is 16.8. The first kappa shape index (κ1) is 19.2. The summed E-state index contributed by atoms with van der Waals surface area (Å²) in [4.78, 5) is 0. The van der Waals surface area contributed by atoms with Crippen molar-refractivity contribution in [2.24, 2.45) is 0 Å². The Morgan fingerprint density at radius 3 is 1.27 bits per heavy atom. The number of fused-ring (bicyclic) bond motifs is 2. The maximum absolute atomic E-state index is 6.25. The largest absolute Gasteiger partial charge is 0.491 e. The van der Waals surface area contributed by atoms with Gasteiger partial charge in [-0.3, -0.25) is 0 Å². The van der Waals surface area contributed by atoms with Crippen LogP contribution in [0.5, 0.6) is 11.5 Å². The SMILES string of the molecule is CCSCCOc1c2ccccc2c(OCCSCC)c2ccccc12. The Hall–Kier alpha value is -1.52. The Morgan fingerprint density at radius 2 is 0.962 bits per heavy atom. The highest BCUT2D eigenvalue weighted by Crippen LogP contribution is 2.42. The van der Waals surface area contributed by atoms with Crippen molar-refractivity contribution in [2.75, 3.05) is 36.2 Å². The Kier molecular flexibility index (Phi) is 7.39. The van der Waals surface area contributed by atoms with Crippen LogP contribution in [0.3, 0.4) is 0 Å².